The van der Waals surface area contributed by atoms with Crippen molar-refractivity contribution in [2.24, 2.45) is 0 Å². The molecule has 148 valence electrons. The summed E-state index contributed by atoms with van der Waals surface area (Å²) in [5.74, 6) is -1.52. The number of urea groups is 1. The van der Waals surface area contributed by atoms with E-state index in [-0.39, 0.29) is 5.69 Å². The normalized spacial score (nSPS) is 11.4. The van der Waals surface area contributed by atoms with Gasteiger partial charge in [-0.25, -0.2) is 14.6 Å². The zero-order valence-corrected chi connectivity index (χ0v) is 16.8. The van der Waals surface area contributed by atoms with E-state index in [4.69, 9.17) is 16.3 Å². The number of para-hydroxylation sites is 1. The summed E-state index contributed by atoms with van der Waals surface area (Å²) in [6, 6.07) is 15.0. The second-order valence-electron chi connectivity index (χ2n) is 5.91. The van der Waals surface area contributed by atoms with E-state index in [1.807, 2.05) is 6.07 Å². The van der Waals surface area contributed by atoms with E-state index in [1.54, 1.807) is 48.5 Å². The second-order valence-corrected chi connectivity index (χ2v) is 7.20. The number of hydrogen-bond donors (Lipinski definition) is 2. The maximum Gasteiger partial charge on any atom is 0.358 e. The molecule has 3 amide bonds. The van der Waals surface area contributed by atoms with Crippen LogP contribution in [-0.2, 0) is 9.53 Å². The number of hydrogen-bond acceptors (Lipinski definition) is 6. The van der Waals surface area contributed by atoms with Crippen molar-refractivity contribution >= 4 is 46.5 Å². The summed E-state index contributed by atoms with van der Waals surface area (Å²) in [5, 5.41) is 7.32. The van der Waals surface area contributed by atoms with Gasteiger partial charge in [-0.3, -0.25) is 10.1 Å². The van der Waals surface area contributed by atoms with Crippen molar-refractivity contribution in [1.29, 1.82) is 0 Å². The van der Waals surface area contributed by atoms with Crippen molar-refractivity contribution in [3.8, 4) is 10.6 Å². The molecule has 29 heavy (non-hydrogen) atoms. The van der Waals surface area contributed by atoms with Crippen LogP contribution in [0, 0.1) is 0 Å². The number of nitrogens with one attached hydrogen (secondary N) is 2. The summed E-state index contributed by atoms with van der Waals surface area (Å²) in [4.78, 5) is 40.4. The SMILES string of the molecule is CC(OC(=O)c1csc(-c2cccc(Cl)c2)n1)C(=O)NC(=O)Nc1ccccc1. The lowest BCUT2D eigenvalue weighted by Gasteiger charge is -2.12. The first-order chi connectivity index (χ1) is 13.9. The van der Waals surface area contributed by atoms with E-state index in [0.717, 1.165) is 5.56 Å². The van der Waals surface area contributed by atoms with Crippen LogP contribution in [-0.4, -0.2) is 29.0 Å². The molecule has 0 bridgehead atoms. The molecule has 0 aliphatic rings. The molecule has 0 fully saturated rings. The van der Waals surface area contributed by atoms with Crippen molar-refractivity contribution in [3.05, 3.63) is 70.7 Å². The largest absolute Gasteiger partial charge is 0.448 e. The van der Waals surface area contributed by atoms with Crippen LogP contribution in [0.5, 0.6) is 0 Å². The first kappa shape index (κ1) is 20.5. The zero-order chi connectivity index (χ0) is 20.8. The maximum absolute atomic E-state index is 12.3. The van der Waals surface area contributed by atoms with Crippen LogP contribution >= 0.6 is 22.9 Å². The van der Waals surface area contributed by atoms with Gasteiger partial charge >= 0.3 is 12.0 Å². The van der Waals surface area contributed by atoms with Gasteiger partial charge in [0.05, 0.1) is 0 Å². The summed E-state index contributed by atoms with van der Waals surface area (Å²) in [7, 11) is 0. The molecule has 0 aliphatic carbocycles. The molecule has 1 aromatic heterocycles. The smallest absolute Gasteiger partial charge is 0.358 e. The number of imide groups is 1. The lowest BCUT2D eigenvalue weighted by atomic mass is 10.2. The van der Waals surface area contributed by atoms with E-state index in [1.165, 1.54) is 23.6 Å². The van der Waals surface area contributed by atoms with E-state index >= 15 is 0 Å². The quantitative estimate of drug-likeness (QED) is 0.587. The average Bonchev–Trinajstić information content (AvgIpc) is 3.19. The molecule has 0 aliphatic heterocycles. The standard InChI is InChI=1S/C20H16ClN3O4S/c1-12(17(25)24-20(27)22-15-8-3-2-4-9-15)28-19(26)16-11-29-18(23-16)13-6-5-7-14(21)10-13/h2-12H,1H3,(H2,22,24,25,27). The number of nitrogens with zero attached hydrogens (tertiary/aromatic N) is 1. The number of anilines is 1. The van der Waals surface area contributed by atoms with Gasteiger partial charge in [-0.2, -0.15) is 0 Å². The van der Waals surface area contributed by atoms with Crippen molar-refractivity contribution in [1.82, 2.24) is 10.3 Å². The molecule has 1 atom stereocenters. The van der Waals surface area contributed by atoms with E-state index < -0.39 is 24.0 Å². The predicted molar refractivity (Wildman–Crippen MR) is 111 cm³/mol. The molecular weight excluding hydrogens is 414 g/mol. The number of ether oxygens (including phenoxy) is 1. The highest BCUT2D eigenvalue weighted by Gasteiger charge is 2.22. The maximum atomic E-state index is 12.3. The molecule has 0 saturated carbocycles. The Hall–Kier alpha value is -3.23. The Morgan fingerprint density at radius 2 is 1.86 bits per heavy atom. The Bertz CT molecular complexity index is 1040. The number of esters is 1. The average molecular weight is 430 g/mol. The minimum Gasteiger partial charge on any atom is -0.448 e. The van der Waals surface area contributed by atoms with E-state index in [2.05, 4.69) is 15.6 Å². The predicted octanol–water partition coefficient (Wildman–Crippen LogP) is 4.36. The fourth-order valence-electron chi connectivity index (χ4n) is 2.29. The van der Waals surface area contributed by atoms with Crippen LogP contribution in [0.1, 0.15) is 17.4 Å². The van der Waals surface area contributed by atoms with Gasteiger partial charge in [-0.05, 0) is 31.2 Å². The third kappa shape index (κ3) is 5.63. The second kappa shape index (κ2) is 9.31. The Morgan fingerprint density at radius 1 is 1.10 bits per heavy atom. The van der Waals surface area contributed by atoms with Gasteiger partial charge in [0.15, 0.2) is 11.8 Å². The third-order valence-corrected chi connectivity index (χ3v) is 4.83. The summed E-state index contributed by atoms with van der Waals surface area (Å²) in [6.07, 6.45) is -1.18. The minimum atomic E-state index is -1.18. The number of thiazole rings is 1. The number of rotatable bonds is 5. The van der Waals surface area contributed by atoms with Gasteiger partial charge in [0, 0.05) is 21.7 Å². The van der Waals surface area contributed by atoms with Gasteiger partial charge in [-0.15, -0.1) is 11.3 Å². The highest BCUT2D eigenvalue weighted by molar-refractivity contribution is 7.13. The number of amides is 3. The summed E-state index contributed by atoms with van der Waals surface area (Å²) < 4.78 is 5.11. The van der Waals surface area contributed by atoms with Crippen molar-refractivity contribution in [2.45, 2.75) is 13.0 Å². The molecule has 7 nitrogen and oxygen atoms in total. The molecule has 2 N–H and O–H groups in total. The molecule has 3 rings (SSSR count). The Kier molecular flexibility index (Phi) is 6.58. The molecule has 0 saturated heterocycles. The minimum absolute atomic E-state index is 0.0679. The van der Waals surface area contributed by atoms with Crippen LogP contribution < -0.4 is 10.6 Å². The van der Waals surface area contributed by atoms with Gasteiger partial charge in [0.1, 0.15) is 5.01 Å². The first-order valence-corrected chi connectivity index (χ1v) is 9.77. The molecule has 0 radical (unpaired) electrons. The molecular formula is C20H16ClN3O4S. The van der Waals surface area contributed by atoms with Gasteiger partial charge in [-0.1, -0.05) is 41.9 Å². The summed E-state index contributed by atoms with van der Waals surface area (Å²) in [6.45, 7) is 1.37. The molecule has 2 aromatic carbocycles. The molecule has 1 heterocycles. The van der Waals surface area contributed by atoms with Crippen LogP contribution in [0.3, 0.4) is 0 Å². The number of carbonyl (C=O) groups excluding carboxylic acids is 3. The Morgan fingerprint density at radius 3 is 2.59 bits per heavy atom. The van der Waals surface area contributed by atoms with Crippen molar-refractivity contribution < 1.29 is 19.1 Å². The molecule has 3 aromatic rings. The van der Waals surface area contributed by atoms with E-state index in [0.29, 0.717) is 15.7 Å². The van der Waals surface area contributed by atoms with Crippen LogP contribution in [0.2, 0.25) is 5.02 Å². The van der Waals surface area contributed by atoms with Crippen molar-refractivity contribution in [3.63, 3.8) is 0 Å². The van der Waals surface area contributed by atoms with Crippen molar-refractivity contribution in [2.75, 3.05) is 5.32 Å². The van der Waals surface area contributed by atoms with Gasteiger partial charge in [0.2, 0.25) is 0 Å². The van der Waals surface area contributed by atoms with Gasteiger partial charge in [0.25, 0.3) is 5.91 Å². The molecule has 0 spiro atoms. The molecule has 9 heteroatoms. The number of halogens is 1. The lowest BCUT2D eigenvalue weighted by Crippen LogP contribution is -2.41. The molecule has 1 unspecified atom stereocenters. The monoisotopic (exact) mass is 429 g/mol. The highest BCUT2D eigenvalue weighted by atomic mass is 35.5. The lowest BCUT2D eigenvalue weighted by molar-refractivity contribution is -0.127. The van der Waals surface area contributed by atoms with Crippen LogP contribution in [0.15, 0.2) is 60.0 Å². The highest BCUT2D eigenvalue weighted by Crippen LogP contribution is 2.26. The number of carbonyl (C=O) groups is 3. The van der Waals surface area contributed by atoms with Crippen LogP contribution in [0.4, 0.5) is 10.5 Å². The first-order valence-electron chi connectivity index (χ1n) is 8.51. The topological polar surface area (TPSA) is 97.4 Å². The number of benzene rings is 2. The number of aromatic nitrogens is 1. The summed E-state index contributed by atoms with van der Waals surface area (Å²) in [5.41, 5.74) is 1.36. The van der Waals surface area contributed by atoms with E-state index in [9.17, 15) is 14.4 Å². The zero-order valence-electron chi connectivity index (χ0n) is 15.2. The third-order valence-electron chi connectivity index (χ3n) is 3.71. The van der Waals surface area contributed by atoms with Gasteiger partial charge < -0.3 is 10.1 Å². The Labute approximate surface area is 175 Å². The fourth-order valence-corrected chi connectivity index (χ4v) is 3.27. The Balaban J connectivity index is 1.56. The van der Waals surface area contributed by atoms with Crippen LogP contribution in [0.25, 0.3) is 10.6 Å². The summed E-state index contributed by atoms with van der Waals surface area (Å²) >= 11 is 7.22. The fraction of sp³-hybridized carbons (Fsp3) is 0.100.